The molecule has 0 spiro atoms. The third kappa shape index (κ3) is 2.59. The van der Waals surface area contributed by atoms with E-state index in [4.69, 9.17) is 5.11 Å². The summed E-state index contributed by atoms with van der Waals surface area (Å²) in [5.41, 5.74) is 0. The van der Waals surface area contributed by atoms with Crippen molar-refractivity contribution in [1.29, 1.82) is 0 Å². The molecule has 0 radical (unpaired) electrons. The van der Waals surface area contributed by atoms with Gasteiger partial charge in [-0.2, -0.15) is 0 Å². The van der Waals surface area contributed by atoms with Gasteiger partial charge in [0.05, 0.1) is 5.92 Å². The van der Waals surface area contributed by atoms with Gasteiger partial charge in [0.25, 0.3) is 0 Å². The van der Waals surface area contributed by atoms with Crippen LogP contribution in [0.4, 0.5) is 0 Å². The van der Waals surface area contributed by atoms with E-state index in [0.717, 1.165) is 0 Å². The molecule has 7 heteroatoms. The van der Waals surface area contributed by atoms with Gasteiger partial charge < -0.3 is 10.0 Å². The van der Waals surface area contributed by atoms with E-state index < -0.39 is 35.7 Å². The summed E-state index contributed by atoms with van der Waals surface area (Å²) in [6.45, 7) is 1.42. The quantitative estimate of drug-likeness (QED) is 0.648. The van der Waals surface area contributed by atoms with Crippen LogP contribution in [-0.2, 0) is 19.2 Å². The summed E-state index contributed by atoms with van der Waals surface area (Å²) in [5, 5.41) is 11.1. The van der Waals surface area contributed by atoms with Gasteiger partial charge in [0.2, 0.25) is 17.7 Å². The van der Waals surface area contributed by atoms with E-state index >= 15 is 0 Å². The minimum atomic E-state index is -0.893. The molecule has 1 aliphatic carbocycles. The Bertz CT molecular complexity index is 447. The van der Waals surface area contributed by atoms with Gasteiger partial charge in [0.15, 0.2) is 0 Å². The van der Waals surface area contributed by atoms with Crippen molar-refractivity contribution < 1.29 is 24.3 Å². The lowest BCUT2D eigenvalue weighted by molar-refractivity contribution is -0.151. The van der Waals surface area contributed by atoms with E-state index in [2.05, 4.69) is 5.32 Å². The largest absolute Gasteiger partial charge is 0.481 e. The van der Waals surface area contributed by atoms with Gasteiger partial charge in [-0.05, 0) is 26.2 Å². The van der Waals surface area contributed by atoms with E-state index in [-0.39, 0.29) is 18.9 Å². The van der Waals surface area contributed by atoms with Crippen LogP contribution in [0.2, 0.25) is 0 Å². The lowest BCUT2D eigenvalue weighted by Crippen LogP contribution is -2.59. The average molecular weight is 268 g/mol. The number of carbonyl (C=O) groups is 4. The SMILES string of the molecule is CC1C(=O)NC(=O)CN1C(=O)C1CCC(C(=O)O)C1. The van der Waals surface area contributed by atoms with Crippen molar-refractivity contribution in [2.45, 2.75) is 32.2 Å². The Balaban J connectivity index is 2.05. The molecule has 0 aromatic heterocycles. The Kier molecular flexibility index (Phi) is 3.55. The molecule has 0 bridgehead atoms. The first-order valence-electron chi connectivity index (χ1n) is 6.27. The molecule has 0 aromatic rings. The van der Waals surface area contributed by atoms with Gasteiger partial charge in [-0.25, -0.2) is 0 Å². The average Bonchev–Trinajstić information content (AvgIpc) is 2.82. The molecule has 2 fully saturated rings. The number of nitrogens with zero attached hydrogens (tertiary/aromatic N) is 1. The van der Waals surface area contributed by atoms with E-state index in [1.165, 1.54) is 4.90 Å². The number of amides is 3. The molecule has 3 unspecified atom stereocenters. The van der Waals surface area contributed by atoms with Crippen LogP contribution in [0.25, 0.3) is 0 Å². The zero-order valence-corrected chi connectivity index (χ0v) is 10.6. The fourth-order valence-electron chi connectivity index (χ4n) is 2.65. The molecule has 1 saturated carbocycles. The van der Waals surface area contributed by atoms with Gasteiger partial charge in [0, 0.05) is 5.92 Å². The summed E-state index contributed by atoms with van der Waals surface area (Å²) in [4.78, 5) is 47.2. The number of nitrogens with one attached hydrogen (secondary N) is 1. The molecule has 2 rings (SSSR count). The molecule has 1 aliphatic heterocycles. The Hall–Kier alpha value is -1.92. The minimum Gasteiger partial charge on any atom is -0.481 e. The number of carboxylic acid groups (broad SMARTS) is 1. The Morgan fingerprint density at radius 1 is 1.26 bits per heavy atom. The smallest absolute Gasteiger partial charge is 0.306 e. The van der Waals surface area contributed by atoms with Crippen molar-refractivity contribution in [3.63, 3.8) is 0 Å². The molecule has 0 aromatic carbocycles. The predicted molar refractivity (Wildman–Crippen MR) is 62.8 cm³/mol. The topological polar surface area (TPSA) is 104 Å². The molecule has 7 nitrogen and oxygen atoms in total. The zero-order chi connectivity index (χ0) is 14.2. The van der Waals surface area contributed by atoms with Crippen LogP contribution in [0.1, 0.15) is 26.2 Å². The number of aliphatic carboxylic acids is 1. The normalized spacial score (nSPS) is 31.2. The number of piperazine rings is 1. The highest BCUT2D eigenvalue weighted by Gasteiger charge is 2.40. The second-order valence-electron chi connectivity index (χ2n) is 5.10. The predicted octanol–water partition coefficient (Wildman–Crippen LogP) is -0.639. The number of hydrogen-bond donors (Lipinski definition) is 2. The van der Waals surface area contributed by atoms with E-state index in [0.29, 0.717) is 12.8 Å². The van der Waals surface area contributed by atoms with Crippen molar-refractivity contribution in [3.05, 3.63) is 0 Å². The third-order valence-corrected chi connectivity index (χ3v) is 3.84. The number of hydrogen-bond acceptors (Lipinski definition) is 4. The van der Waals surface area contributed by atoms with Crippen molar-refractivity contribution in [2.75, 3.05) is 6.54 Å². The van der Waals surface area contributed by atoms with Crippen LogP contribution in [0.15, 0.2) is 0 Å². The monoisotopic (exact) mass is 268 g/mol. The Labute approximate surface area is 109 Å². The summed E-state index contributed by atoms with van der Waals surface area (Å²) in [6, 6.07) is -0.686. The highest BCUT2D eigenvalue weighted by atomic mass is 16.4. The molecule has 1 heterocycles. The van der Waals surface area contributed by atoms with Crippen LogP contribution in [0.5, 0.6) is 0 Å². The fourth-order valence-corrected chi connectivity index (χ4v) is 2.65. The molecule has 3 amide bonds. The highest BCUT2D eigenvalue weighted by Crippen LogP contribution is 2.32. The number of carbonyl (C=O) groups excluding carboxylic acids is 3. The molecule has 2 aliphatic rings. The molecule has 19 heavy (non-hydrogen) atoms. The molecular weight excluding hydrogens is 252 g/mol. The summed E-state index contributed by atoms with van der Waals surface area (Å²) >= 11 is 0. The maximum Gasteiger partial charge on any atom is 0.306 e. The number of carboxylic acids is 1. The molecule has 2 N–H and O–H groups in total. The summed E-state index contributed by atoms with van der Waals surface area (Å²) < 4.78 is 0. The van der Waals surface area contributed by atoms with Gasteiger partial charge in [-0.15, -0.1) is 0 Å². The first-order valence-corrected chi connectivity index (χ1v) is 6.27. The van der Waals surface area contributed by atoms with Gasteiger partial charge in [-0.3, -0.25) is 24.5 Å². The van der Waals surface area contributed by atoms with E-state index in [9.17, 15) is 19.2 Å². The first kappa shape index (κ1) is 13.5. The molecule has 1 saturated heterocycles. The standard InChI is InChI=1S/C12H16N2O5/c1-6-10(16)13-9(15)5-14(6)11(17)7-2-3-8(4-7)12(18)19/h6-8H,2-5H2,1H3,(H,18,19)(H,13,15,16). The first-order chi connectivity index (χ1) is 8.90. The maximum atomic E-state index is 12.3. The molecule has 3 atom stereocenters. The van der Waals surface area contributed by atoms with Gasteiger partial charge in [-0.1, -0.05) is 0 Å². The van der Waals surface area contributed by atoms with E-state index in [1.807, 2.05) is 0 Å². The Morgan fingerprint density at radius 3 is 2.47 bits per heavy atom. The fraction of sp³-hybridized carbons (Fsp3) is 0.667. The maximum absolute atomic E-state index is 12.3. The van der Waals surface area contributed by atoms with Crippen molar-refractivity contribution >= 4 is 23.7 Å². The van der Waals surface area contributed by atoms with Gasteiger partial charge in [0.1, 0.15) is 12.6 Å². The molecular formula is C12H16N2O5. The third-order valence-electron chi connectivity index (χ3n) is 3.84. The highest BCUT2D eigenvalue weighted by molar-refractivity contribution is 6.04. The minimum absolute atomic E-state index is 0.139. The van der Waals surface area contributed by atoms with Crippen molar-refractivity contribution in [2.24, 2.45) is 11.8 Å². The second kappa shape index (κ2) is 4.99. The number of rotatable bonds is 2. The summed E-state index contributed by atoms with van der Waals surface area (Å²) in [5.74, 6) is -3.07. The van der Waals surface area contributed by atoms with Crippen molar-refractivity contribution in [3.8, 4) is 0 Å². The van der Waals surface area contributed by atoms with Crippen LogP contribution >= 0.6 is 0 Å². The zero-order valence-electron chi connectivity index (χ0n) is 10.6. The number of imide groups is 1. The van der Waals surface area contributed by atoms with Crippen LogP contribution in [-0.4, -0.2) is 46.3 Å². The Morgan fingerprint density at radius 2 is 1.89 bits per heavy atom. The summed E-state index contributed by atoms with van der Waals surface area (Å²) in [7, 11) is 0. The van der Waals surface area contributed by atoms with Crippen LogP contribution in [0.3, 0.4) is 0 Å². The van der Waals surface area contributed by atoms with Crippen molar-refractivity contribution in [1.82, 2.24) is 10.2 Å². The summed E-state index contributed by atoms with van der Waals surface area (Å²) in [6.07, 6.45) is 1.25. The lowest BCUT2D eigenvalue weighted by atomic mass is 10.0. The molecule has 104 valence electrons. The lowest BCUT2D eigenvalue weighted by Gasteiger charge is -2.33. The second-order valence-corrected chi connectivity index (χ2v) is 5.10. The van der Waals surface area contributed by atoms with Crippen LogP contribution < -0.4 is 5.32 Å². The van der Waals surface area contributed by atoms with E-state index in [1.54, 1.807) is 6.92 Å². The van der Waals surface area contributed by atoms with Crippen LogP contribution in [0, 0.1) is 11.8 Å². The van der Waals surface area contributed by atoms with Gasteiger partial charge >= 0.3 is 5.97 Å².